The van der Waals surface area contributed by atoms with Crippen LogP contribution in [0.1, 0.15) is 11.1 Å². The fourth-order valence-corrected chi connectivity index (χ4v) is 1.16. The highest BCUT2D eigenvalue weighted by Crippen LogP contribution is 2.22. The first kappa shape index (κ1) is 8.05. The van der Waals surface area contributed by atoms with Gasteiger partial charge in [-0.25, -0.2) is 4.39 Å². The minimum Gasteiger partial charge on any atom is -0.493 e. The van der Waals surface area contributed by atoms with E-state index in [2.05, 4.69) is 0 Å². The van der Waals surface area contributed by atoms with Crippen LogP contribution in [0.4, 0.5) is 4.39 Å². The first-order valence-corrected chi connectivity index (χ1v) is 3.46. The highest BCUT2D eigenvalue weighted by Gasteiger charge is 2.05. The summed E-state index contributed by atoms with van der Waals surface area (Å²) in [6.07, 6.45) is 0. The molecule has 0 aromatic heterocycles. The van der Waals surface area contributed by atoms with Crippen molar-refractivity contribution >= 4 is 0 Å². The number of rotatable bonds is 1. The highest BCUT2D eigenvalue weighted by molar-refractivity contribution is 5.37. The summed E-state index contributed by atoms with van der Waals surface area (Å²) in [6, 6.07) is 3.35. The number of halogens is 1. The maximum atomic E-state index is 13.0. The number of hydrogen-bond acceptors (Lipinski definition) is 1. The molecule has 2 heteroatoms. The maximum absolute atomic E-state index is 13.0. The third-order valence-corrected chi connectivity index (χ3v) is 1.58. The first-order chi connectivity index (χ1) is 5.15. The minimum absolute atomic E-state index is 0.287. The van der Waals surface area contributed by atoms with Gasteiger partial charge in [-0.2, -0.15) is 0 Å². The van der Waals surface area contributed by atoms with Crippen LogP contribution in [-0.4, -0.2) is 7.11 Å². The second-order valence-corrected chi connectivity index (χ2v) is 2.60. The molecular weight excluding hydrogens is 143 g/mol. The Hall–Kier alpha value is -1.05. The second kappa shape index (κ2) is 2.91. The monoisotopic (exact) mass is 154 g/mol. The van der Waals surface area contributed by atoms with Gasteiger partial charge in [-0.15, -0.1) is 0 Å². The lowest BCUT2D eigenvalue weighted by Crippen LogP contribution is -1.92. The molecule has 0 N–H and O–H groups in total. The van der Waals surface area contributed by atoms with E-state index in [4.69, 9.17) is 4.74 Å². The van der Waals surface area contributed by atoms with E-state index in [9.17, 15) is 4.39 Å². The topological polar surface area (TPSA) is 9.23 Å². The number of methoxy groups -OCH3 is 1. The van der Waals surface area contributed by atoms with Gasteiger partial charge < -0.3 is 4.74 Å². The molecule has 0 radical (unpaired) electrons. The normalized spacial score (nSPS) is 9.82. The summed E-state index contributed by atoms with van der Waals surface area (Å²) in [5.74, 6) is 0.0561. The van der Waals surface area contributed by atoms with Gasteiger partial charge in [-0.05, 0) is 31.0 Å². The van der Waals surface area contributed by atoms with Gasteiger partial charge in [0.15, 0.2) is 11.6 Å². The van der Waals surface area contributed by atoms with Crippen LogP contribution in [0.25, 0.3) is 0 Å². The van der Waals surface area contributed by atoms with Crippen LogP contribution < -0.4 is 4.74 Å². The van der Waals surface area contributed by atoms with E-state index in [0.29, 0.717) is 5.75 Å². The van der Waals surface area contributed by atoms with Crippen molar-refractivity contribution in [3.05, 3.63) is 29.1 Å². The van der Waals surface area contributed by atoms with Crippen molar-refractivity contribution < 1.29 is 9.13 Å². The average Bonchev–Trinajstić information content (AvgIpc) is 1.85. The summed E-state index contributed by atoms with van der Waals surface area (Å²) >= 11 is 0. The summed E-state index contributed by atoms with van der Waals surface area (Å²) in [7, 11) is 1.47. The van der Waals surface area contributed by atoms with Gasteiger partial charge in [0.2, 0.25) is 0 Å². The van der Waals surface area contributed by atoms with Crippen LogP contribution in [0.15, 0.2) is 12.1 Å². The molecule has 0 aliphatic rings. The fourth-order valence-electron chi connectivity index (χ4n) is 1.16. The molecule has 60 valence electrons. The van der Waals surface area contributed by atoms with E-state index in [1.165, 1.54) is 13.2 Å². The smallest absolute Gasteiger partial charge is 0.165 e. The van der Waals surface area contributed by atoms with Crippen molar-refractivity contribution in [1.82, 2.24) is 0 Å². The SMILES string of the molecule is COc1c(C)cc(C)cc1F. The molecule has 1 rings (SSSR count). The van der Waals surface area contributed by atoms with E-state index in [1.807, 2.05) is 19.9 Å². The molecule has 1 aromatic rings. The van der Waals surface area contributed by atoms with Gasteiger partial charge >= 0.3 is 0 Å². The molecule has 1 nitrogen and oxygen atoms in total. The van der Waals surface area contributed by atoms with Crippen molar-refractivity contribution in [3.63, 3.8) is 0 Å². The summed E-state index contributed by atoms with van der Waals surface area (Å²) in [6.45, 7) is 3.68. The molecule has 0 aliphatic heterocycles. The molecular formula is C9H11FO. The predicted molar refractivity (Wildman–Crippen MR) is 42.4 cm³/mol. The summed E-state index contributed by atoms with van der Waals surface area (Å²) < 4.78 is 17.8. The molecule has 0 atom stereocenters. The number of hydrogen-bond donors (Lipinski definition) is 0. The summed E-state index contributed by atoms with van der Waals surface area (Å²) in [5.41, 5.74) is 1.76. The molecule has 0 heterocycles. The molecule has 0 spiro atoms. The molecule has 0 saturated carbocycles. The van der Waals surface area contributed by atoms with Crippen molar-refractivity contribution in [2.24, 2.45) is 0 Å². The Labute approximate surface area is 65.8 Å². The van der Waals surface area contributed by atoms with Gasteiger partial charge in [0, 0.05) is 0 Å². The Balaban J connectivity index is 3.25. The largest absolute Gasteiger partial charge is 0.493 e. The second-order valence-electron chi connectivity index (χ2n) is 2.60. The standard InChI is InChI=1S/C9H11FO/c1-6-4-7(2)9(11-3)8(10)5-6/h4-5H,1-3H3. The van der Waals surface area contributed by atoms with Gasteiger partial charge in [-0.3, -0.25) is 0 Å². The van der Waals surface area contributed by atoms with Gasteiger partial charge in [0.05, 0.1) is 7.11 Å². The summed E-state index contributed by atoms with van der Waals surface area (Å²) in [4.78, 5) is 0. The molecule has 0 saturated heterocycles. The lowest BCUT2D eigenvalue weighted by atomic mass is 10.1. The molecule has 1 aromatic carbocycles. The zero-order valence-electron chi connectivity index (χ0n) is 6.94. The van der Waals surface area contributed by atoms with Crippen LogP contribution in [0, 0.1) is 19.7 Å². The average molecular weight is 154 g/mol. The quantitative estimate of drug-likeness (QED) is 0.603. The lowest BCUT2D eigenvalue weighted by Gasteiger charge is -2.05. The van der Waals surface area contributed by atoms with E-state index in [1.54, 1.807) is 0 Å². The molecule has 0 unspecified atom stereocenters. The molecule has 0 amide bonds. The molecule has 11 heavy (non-hydrogen) atoms. The Morgan fingerprint density at radius 3 is 2.36 bits per heavy atom. The Morgan fingerprint density at radius 2 is 1.91 bits per heavy atom. The highest BCUT2D eigenvalue weighted by atomic mass is 19.1. The molecule has 0 bridgehead atoms. The van der Waals surface area contributed by atoms with Crippen LogP contribution in [0.2, 0.25) is 0 Å². The number of benzene rings is 1. The predicted octanol–water partition coefficient (Wildman–Crippen LogP) is 2.45. The van der Waals surface area contributed by atoms with Crippen molar-refractivity contribution in [2.75, 3.05) is 7.11 Å². The minimum atomic E-state index is -0.287. The zero-order valence-corrected chi connectivity index (χ0v) is 6.94. The van der Waals surface area contributed by atoms with Gasteiger partial charge in [0.25, 0.3) is 0 Å². The Kier molecular flexibility index (Phi) is 2.13. The van der Waals surface area contributed by atoms with E-state index < -0.39 is 0 Å². The Morgan fingerprint density at radius 1 is 1.27 bits per heavy atom. The maximum Gasteiger partial charge on any atom is 0.165 e. The molecule has 0 fully saturated rings. The zero-order chi connectivity index (χ0) is 8.43. The Bertz CT molecular complexity index is 245. The van der Waals surface area contributed by atoms with Crippen LogP contribution in [0.5, 0.6) is 5.75 Å². The van der Waals surface area contributed by atoms with Crippen LogP contribution >= 0.6 is 0 Å². The van der Waals surface area contributed by atoms with Crippen LogP contribution in [0.3, 0.4) is 0 Å². The third-order valence-electron chi connectivity index (χ3n) is 1.58. The first-order valence-electron chi connectivity index (χ1n) is 3.46. The van der Waals surface area contributed by atoms with E-state index in [-0.39, 0.29) is 5.82 Å². The van der Waals surface area contributed by atoms with Gasteiger partial charge in [0.1, 0.15) is 0 Å². The van der Waals surface area contributed by atoms with E-state index in [0.717, 1.165) is 11.1 Å². The third kappa shape index (κ3) is 1.50. The van der Waals surface area contributed by atoms with Crippen molar-refractivity contribution in [1.29, 1.82) is 0 Å². The van der Waals surface area contributed by atoms with Gasteiger partial charge in [-0.1, -0.05) is 6.07 Å². The van der Waals surface area contributed by atoms with Crippen molar-refractivity contribution in [3.8, 4) is 5.75 Å². The summed E-state index contributed by atoms with van der Waals surface area (Å²) in [5, 5.41) is 0. The van der Waals surface area contributed by atoms with Crippen molar-refractivity contribution in [2.45, 2.75) is 13.8 Å². The number of ether oxygens (including phenoxy) is 1. The van der Waals surface area contributed by atoms with E-state index >= 15 is 0 Å². The lowest BCUT2D eigenvalue weighted by molar-refractivity contribution is 0.383. The fraction of sp³-hybridized carbons (Fsp3) is 0.333. The number of aryl methyl sites for hydroxylation is 2. The molecule has 0 aliphatic carbocycles. The van der Waals surface area contributed by atoms with Crippen LogP contribution in [-0.2, 0) is 0 Å².